The molecular weight excluding hydrogens is 402 g/mol. The van der Waals surface area contributed by atoms with E-state index in [-0.39, 0.29) is 24.8 Å². The minimum Gasteiger partial charge on any atom is -0.326 e. The van der Waals surface area contributed by atoms with Gasteiger partial charge in [-0.2, -0.15) is 0 Å². The third-order valence-electron chi connectivity index (χ3n) is 4.94. The summed E-state index contributed by atoms with van der Waals surface area (Å²) in [5.41, 5.74) is 1.92. The molecule has 1 aliphatic heterocycles. The molecule has 0 spiro atoms. The topological polar surface area (TPSA) is 95.6 Å². The van der Waals surface area contributed by atoms with E-state index in [2.05, 4.69) is 10.6 Å². The maximum atomic E-state index is 12.9. The summed E-state index contributed by atoms with van der Waals surface area (Å²) < 4.78 is 27.3. The van der Waals surface area contributed by atoms with E-state index in [0.717, 1.165) is 10.8 Å². The number of amides is 2. The molecule has 0 atom stereocenters. The number of benzene rings is 3. The maximum Gasteiger partial charge on any atom is 0.265 e. The van der Waals surface area contributed by atoms with Crippen LogP contribution in [-0.4, -0.2) is 26.8 Å². The van der Waals surface area contributed by atoms with Crippen molar-refractivity contribution in [1.29, 1.82) is 0 Å². The summed E-state index contributed by atoms with van der Waals surface area (Å²) in [6.07, 6.45) is 0.575. The first-order chi connectivity index (χ1) is 14.4. The highest BCUT2D eigenvalue weighted by molar-refractivity contribution is 7.93. The summed E-state index contributed by atoms with van der Waals surface area (Å²) in [4.78, 5) is 23.6. The maximum absolute atomic E-state index is 12.9. The molecule has 0 bridgehead atoms. The Hall–Kier alpha value is -3.39. The number of nitrogens with zero attached hydrogens (tertiary/aromatic N) is 1. The lowest BCUT2D eigenvalue weighted by Gasteiger charge is -2.18. The second-order valence-electron chi connectivity index (χ2n) is 7.12. The van der Waals surface area contributed by atoms with E-state index in [9.17, 15) is 18.0 Å². The summed E-state index contributed by atoms with van der Waals surface area (Å²) in [5.74, 6) is -0.365. The van der Waals surface area contributed by atoms with Crippen molar-refractivity contribution < 1.29 is 18.0 Å². The Morgan fingerprint density at radius 1 is 0.900 bits per heavy atom. The van der Waals surface area contributed by atoms with E-state index in [1.54, 1.807) is 42.5 Å². The number of carbonyl (C=O) groups excluding carboxylic acids is 2. The molecule has 30 heavy (non-hydrogen) atoms. The Balaban J connectivity index is 1.38. The molecule has 0 unspecified atom stereocenters. The van der Waals surface area contributed by atoms with Gasteiger partial charge in [0.2, 0.25) is 11.8 Å². The van der Waals surface area contributed by atoms with Gasteiger partial charge in [0.15, 0.2) is 0 Å². The second-order valence-corrected chi connectivity index (χ2v) is 8.95. The average molecular weight is 423 g/mol. The van der Waals surface area contributed by atoms with Crippen LogP contribution < -0.4 is 14.9 Å². The standard InChI is InChI=1S/C22H21N3O4S/c1-15(26)23-17-10-12-18(13-11-17)24-21(27)9-4-14-25-19-7-2-5-16-6-3-8-20(22(16)19)30(25,28)29/h2-3,5-8,10-13H,4,9,14H2,1H3,(H,23,26)(H,24,27). The van der Waals surface area contributed by atoms with Gasteiger partial charge in [0.25, 0.3) is 10.0 Å². The van der Waals surface area contributed by atoms with Crippen molar-refractivity contribution in [2.75, 3.05) is 21.5 Å². The number of carbonyl (C=O) groups is 2. The van der Waals surface area contributed by atoms with Crippen molar-refractivity contribution >= 4 is 49.7 Å². The summed E-state index contributed by atoms with van der Waals surface area (Å²) in [6.45, 7) is 1.65. The third kappa shape index (κ3) is 3.73. The average Bonchev–Trinajstić information content (AvgIpc) is 2.92. The molecule has 7 nitrogen and oxygen atoms in total. The minimum atomic E-state index is -3.60. The highest BCUT2D eigenvalue weighted by Crippen LogP contribution is 2.41. The predicted octanol–water partition coefficient (Wildman–Crippen LogP) is 3.73. The molecule has 2 N–H and O–H groups in total. The molecule has 1 aliphatic rings. The molecule has 0 aromatic heterocycles. The first kappa shape index (κ1) is 19.9. The Kier molecular flexibility index (Phi) is 5.17. The molecule has 0 fully saturated rings. The van der Waals surface area contributed by atoms with Crippen LogP contribution in [0.2, 0.25) is 0 Å². The Bertz CT molecular complexity index is 1230. The van der Waals surface area contributed by atoms with Gasteiger partial charge in [0.05, 0.1) is 10.6 Å². The summed E-state index contributed by atoms with van der Waals surface area (Å²) in [6, 6.07) is 17.6. The van der Waals surface area contributed by atoms with Crippen molar-refractivity contribution in [3.8, 4) is 0 Å². The summed E-state index contributed by atoms with van der Waals surface area (Å²) in [5, 5.41) is 7.07. The summed E-state index contributed by atoms with van der Waals surface area (Å²) in [7, 11) is -3.60. The molecule has 1 heterocycles. The molecule has 154 valence electrons. The highest BCUT2D eigenvalue weighted by atomic mass is 32.2. The van der Waals surface area contributed by atoms with Crippen LogP contribution in [0.25, 0.3) is 10.8 Å². The number of hydrogen-bond donors (Lipinski definition) is 2. The van der Waals surface area contributed by atoms with Gasteiger partial charge >= 0.3 is 0 Å². The molecule has 0 aliphatic carbocycles. The largest absolute Gasteiger partial charge is 0.326 e. The molecule has 3 aromatic carbocycles. The highest BCUT2D eigenvalue weighted by Gasteiger charge is 2.34. The SMILES string of the molecule is CC(=O)Nc1ccc(NC(=O)CCCN2c3cccc4cccc(c34)S2(=O)=O)cc1. The minimum absolute atomic E-state index is 0.165. The van der Waals surface area contributed by atoms with Crippen molar-refractivity contribution in [1.82, 2.24) is 0 Å². The quantitative estimate of drug-likeness (QED) is 0.632. The normalized spacial score (nSPS) is 14.0. The van der Waals surface area contributed by atoms with Crippen molar-refractivity contribution in [2.24, 2.45) is 0 Å². The Morgan fingerprint density at radius 3 is 2.20 bits per heavy atom. The van der Waals surface area contributed by atoms with Crippen molar-refractivity contribution in [3.63, 3.8) is 0 Å². The number of anilines is 3. The van der Waals surface area contributed by atoms with Gasteiger partial charge in [-0.15, -0.1) is 0 Å². The van der Waals surface area contributed by atoms with Crippen LogP contribution >= 0.6 is 0 Å². The first-order valence-corrected chi connectivity index (χ1v) is 11.0. The lowest BCUT2D eigenvalue weighted by atomic mass is 10.1. The van der Waals surface area contributed by atoms with E-state index in [4.69, 9.17) is 0 Å². The molecule has 0 radical (unpaired) electrons. The fourth-order valence-electron chi connectivity index (χ4n) is 3.65. The van der Waals surface area contributed by atoms with Gasteiger partial charge in [-0.3, -0.25) is 13.9 Å². The number of sulfonamides is 1. The Morgan fingerprint density at radius 2 is 1.53 bits per heavy atom. The summed E-state index contributed by atoms with van der Waals surface area (Å²) >= 11 is 0. The van der Waals surface area contributed by atoms with Gasteiger partial charge < -0.3 is 10.6 Å². The molecular formula is C22H21N3O4S. The molecule has 8 heteroatoms. The molecule has 2 amide bonds. The van der Waals surface area contributed by atoms with Crippen molar-refractivity contribution in [3.05, 3.63) is 60.7 Å². The van der Waals surface area contributed by atoms with Crippen LogP contribution in [0.5, 0.6) is 0 Å². The van der Waals surface area contributed by atoms with Gasteiger partial charge in [0.1, 0.15) is 0 Å². The van der Waals surface area contributed by atoms with E-state index in [0.29, 0.717) is 28.4 Å². The van der Waals surface area contributed by atoms with Crippen LogP contribution in [-0.2, 0) is 19.6 Å². The second kappa shape index (κ2) is 7.79. The molecule has 3 aromatic rings. The van der Waals surface area contributed by atoms with Gasteiger partial charge in [-0.25, -0.2) is 8.42 Å². The fraction of sp³-hybridized carbons (Fsp3) is 0.182. The zero-order chi connectivity index (χ0) is 21.3. The van der Waals surface area contributed by atoms with E-state index >= 15 is 0 Å². The van der Waals surface area contributed by atoms with Crippen LogP contribution in [0.15, 0.2) is 65.6 Å². The zero-order valence-corrected chi connectivity index (χ0v) is 17.2. The Labute approximate surface area is 174 Å². The van der Waals surface area contributed by atoms with E-state index in [1.165, 1.54) is 11.2 Å². The lowest BCUT2D eigenvalue weighted by Crippen LogP contribution is -2.28. The lowest BCUT2D eigenvalue weighted by molar-refractivity contribution is -0.116. The van der Waals surface area contributed by atoms with Crippen molar-refractivity contribution in [2.45, 2.75) is 24.7 Å². The molecule has 0 saturated heterocycles. The van der Waals surface area contributed by atoms with Crippen LogP contribution in [0.1, 0.15) is 19.8 Å². The van der Waals surface area contributed by atoms with E-state index in [1.807, 2.05) is 18.2 Å². The smallest absolute Gasteiger partial charge is 0.265 e. The van der Waals surface area contributed by atoms with Gasteiger partial charge in [0, 0.05) is 36.7 Å². The number of rotatable bonds is 6. The van der Waals surface area contributed by atoms with Crippen LogP contribution in [0.4, 0.5) is 17.1 Å². The zero-order valence-electron chi connectivity index (χ0n) is 16.4. The fourth-order valence-corrected chi connectivity index (χ4v) is 5.39. The third-order valence-corrected chi connectivity index (χ3v) is 6.79. The van der Waals surface area contributed by atoms with Gasteiger partial charge in [-0.1, -0.05) is 24.3 Å². The van der Waals surface area contributed by atoms with Crippen LogP contribution in [0, 0.1) is 0 Å². The van der Waals surface area contributed by atoms with Gasteiger partial charge in [-0.05, 0) is 48.2 Å². The van der Waals surface area contributed by atoms with Crippen LogP contribution in [0.3, 0.4) is 0 Å². The number of hydrogen-bond acceptors (Lipinski definition) is 4. The van der Waals surface area contributed by atoms with E-state index < -0.39 is 10.0 Å². The monoisotopic (exact) mass is 423 g/mol. The first-order valence-electron chi connectivity index (χ1n) is 9.58. The number of nitrogens with one attached hydrogen (secondary N) is 2. The predicted molar refractivity (Wildman–Crippen MR) is 117 cm³/mol. The molecule has 0 saturated carbocycles. The molecule has 4 rings (SSSR count).